The van der Waals surface area contributed by atoms with E-state index in [2.05, 4.69) is 5.32 Å². The SMILES string of the molecule is COc1ccc(C(Nc2ccc(F)cc2)C(=O)O)cc1Cl. The number of aliphatic carboxylic acids is 1. The van der Waals surface area contributed by atoms with Gasteiger partial charge < -0.3 is 15.2 Å². The highest BCUT2D eigenvalue weighted by Gasteiger charge is 2.20. The lowest BCUT2D eigenvalue weighted by Gasteiger charge is -2.17. The largest absolute Gasteiger partial charge is 0.495 e. The van der Waals surface area contributed by atoms with Crippen molar-refractivity contribution in [2.24, 2.45) is 0 Å². The van der Waals surface area contributed by atoms with Crippen molar-refractivity contribution < 1.29 is 19.0 Å². The maximum Gasteiger partial charge on any atom is 0.330 e. The summed E-state index contributed by atoms with van der Waals surface area (Å²) >= 11 is 6.01. The van der Waals surface area contributed by atoms with Crippen LogP contribution in [0.4, 0.5) is 10.1 Å². The van der Waals surface area contributed by atoms with Gasteiger partial charge >= 0.3 is 5.97 Å². The number of nitrogens with one attached hydrogen (secondary N) is 1. The van der Waals surface area contributed by atoms with E-state index in [1.807, 2.05) is 0 Å². The standard InChI is InChI=1S/C15H13ClFNO3/c1-21-13-7-2-9(8-12(13)16)14(15(19)20)18-11-5-3-10(17)4-6-11/h2-8,14,18H,1H3,(H,19,20). The fourth-order valence-corrected chi connectivity index (χ4v) is 2.13. The summed E-state index contributed by atoms with van der Waals surface area (Å²) in [5.41, 5.74) is 0.966. The molecule has 6 heteroatoms. The van der Waals surface area contributed by atoms with E-state index in [0.29, 0.717) is 22.0 Å². The van der Waals surface area contributed by atoms with Crippen LogP contribution >= 0.6 is 11.6 Å². The summed E-state index contributed by atoms with van der Waals surface area (Å²) in [5, 5.41) is 12.5. The van der Waals surface area contributed by atoms with Crippen LogP contribution in [0.15, 0.2) is 42.5 Å². The van der Waals surface area contributed by atoms with Gasteiger partial charge in [-0.25, -0.2) is 9.18 Å². The van der Waals surface area contributed by atoms with Crippen molar-refractivity contribution in [3.05, 3.63) is 58.9 Å². The van der Waals surface area contributed by atoms with Crippen molar-refractivity contribution in [3.8, 4) is 5.75 Å². The van der Waals surface area contributed by atoms with Crippen LogP contribution in [0, 0.1) is 5.82 Å². The fourth-order valence-electron chi connectivity index (χ4n) is 1.86. The Bertz CT molecular complexity index is 646. The lowest BCUT2D eigenvalue weighted by molar-refractivity contribution is -0.138. The molecule has 0 radical (unpaired) electrons. The van der Waals surface area contributed by atoms with Crippen LogP contribution < -0.4 is 10.1 Å². The molecule has 2 N–H and O–H groups in total. The summed E-state index contributed by atoms with van der Waals surface area (Å²) in [4.78, 5) is 11.4. The molecule has 0 aromatic heterocycles. The molecular formula is C15H13ClFNO3. The number of rotatable bonds is 5. The lowest BCUT2D eigenvalue weighted by atomic mass is 10.1. The number of carbonyl (C=O) groups is 1. The molecule has 0 bridgehead atoms. The average Bonchev–Trinajstić information content (AvgIpc) is 2.46. The zero-order valence-electron chi connectivity index (χ0n) is 11.1. The molecule has 0 aliphatic heterocycles. The van der Waals surface area contributed by atoms with Gasteiger partial charge in [-0.3, -0.25) is 0 Å². The summed E-state index contributed by atoms with van der Waals surface area (Å²) in [5.74, 6) is -0.994. The number of anilines is 1. The molecule has 21 heavy (non-hydrogen) atoms. The lowest BCUT2D eigenvalue weighted by Crippen LogP contribution is -2.20. The quantitative estimate of drug-likeness (QED) is 0.883. The first-order valence-corrected chi connectivity index (χ1v) is 6.47. The molecular weight excluding hydrogens is 297 g/mol. The number of benzene rings is 2. The zero-order chi connectivity index (χ0) is 15.4. The Morgan fingerprint density at radius 3 is 2.48 bits per heavy atom. The van der Waals surface area contributed by atoms with Crippen molar-refractivity contribution in [3.63, 3.8) is 0 Å². The third-order valence-electron chi connectivity index (χ3n) is 2.91. The monoisotopic (exact) mass is 309 g/mol. The predicted octanol–water partition coefficient (Wildman–Crippen LogP) is 3.73. The number of hydrogen-bond acceptors (Lipinski definition) is 3. The van der Waals surface area contributed by atoms with Crippen molar-refractivity contribution in [2.75, 3.05) is 12.4 Å². The van der Waals surface area contributed by atoms with Gasteiger partial charge in [0.1, 0.15) is 11.6 Å². The van der Waals surface area contributed by atoms with Gasteiger partial charge in [0, 0.05) is 5.69 Å². The third-order valence-corrected chi connectivity index (χ3v) is 3.21. The van der Waals surface area contributed by atoms with Crippen molar-refractivity contribution in [1.29, 1.82) is 0 Å². The highest BCUT2D eigenvalue weighted by Crippen LogP contribution is 2.29. The van der Waals surface area contributed by atoms with Gasteiger partial charge in [0.2, 0.25) is 0 Å². The van der Waals surface area contributed by atoms with Crippen LogP contribution in [-0.4, -0.2) is 18.2 Å². The number of halogens is 2. The summed E-state index contributed by atoms with van der Waals surface area (Å²) in [7, 11) is 1.48. The van der Waals surface area contributed by atoms with Crippen LogP contribution in [0.25, 0.3) is 0 Å². The molecule has 1 unspecified atom stereocenters. The molecule has 0 aliphatic carbocycles. The molecule has 2 rings (SSSR count). The van der Waals surface area contributed by atoms with E-state index >= 15 is 0 Å². The predicted molar refractivity (Wildman–Crippen MR) is 78.4 cm³/mol. The topological polar surface area (TPSA) is 58.6 Å². The van der Waals surface area contributed by atoms with E-state index in [-0.39, 0.29) is 5.82 Å². The molecule has 0 spiro atoms. The molecule has 2 aromatic rings. The maximum absolute atomic E-state index is 12.9. The zero-order valence-corrected chi connectivity index (χ0v) is 11.9. The summed E-state index contributed by atoms with van der Waals surface area (Å²) in [6, 6.07) is 9.17. The second kappa shape index (κ2) is 6.45. The number of methoxy groups -OCH3 is 1. The van der Waals surface area contributed by atoms with Crippen molar-refractivity contribution in [2.45, 2.75) is 6.04 Å². The molecule has 1 atom stereocenters. The first-order chi connectivity index (χ1) is 10.0. The van der Waals surface area contributed by atoms with Gasteiger partial charge in [0.05, 0.1) is 12.1 Å². The number of hydrogen-bond donors (Lipinski definition) is 2. The smallest absolute Gasteiger partial charge is 0.330 e. The van der Waals surface area contributed by atoms with Crippen LogP contribution in [0.5, 0.6) is 5.75 Å². The van der Waals surface area contributed by atoms with E-state index < -0.39 is 12.0 Å². The van der Waals surface area contributed by atoms with E-state index in [4.69, 9.17) is 16.3 Å². The van der Waals surface area contributed by atoms with Gasteiger partial charge in [0.25, 0.3) is 0 Å². The molecule has 0 heterocycles. The van der Waals surface area contributed by atoms with Crippen molar-refractivity contribution >= 4 is 23.3 Å². The third kappa shape index (κ3) is 3.64. The minimum atomic E-state index is -1.07. The Morgan fingerprint density at radius 1 is 1.29 bits per heavy atom. The Labute approximate surface area is 126 Å². The second-order valence-electron chi connectivity index (χ2n) is 4.32. The van der Waals surface area contributed by atoms with E-state index in [1.165, 1.54) is 37.4 Å². The molecule has 0 saturated heterocycles. The normalized spacial score (nSPS) is 11.8. The average molecular weight is 310 g/mol. The van der Waals surface area contributed by atoms with Crippen LogP contribution in [-0.2, 0) is 4.79 Å². The van der Waals surface area contributed by atoms with Crippen LogP contribution in [0.2, 0.25) is 5.02 Å². The van der Waals surface area contributed by atoms with E-state index in [1.54, 1.807) is 12.1 Å². The van der Waals surface area contributed by atoms with Gasteiger partial charge in [-0.05, 0) is 42.0 Å². The van der Waals surface area contributed by atoms with Gasteiger partial charge in [-0.15, -0.1) is 0 Å². The minimum Gasteiger partial charge on any atom is -0.495 e. The second-order valence-corrected chi connectivity index (χ2v) is 4.72. The fraction of sp³-hybridized carbons (Fsp3) is 0.133. The highest BCUT2D eigenvalue weighted by molar-refractivity contribution is 6.32. The Balaban J connectivity index is 2.28. The summed E-state index contributed by atoms with van der Waals surface area (Å²) in [6.07, 6.45) is 0. The molecule has 0 amide bonds. The van der Waals surface area contributed by atoms with Gasteiger partial charge in [0.15, 0.2) is 6.04 Å². The molecule has 2 aromatic carbocycles. The number of carboxylic acid groups (broad SMARTS) is 1. The van der Waals surface area contributed by atoms with Gasteiger partial charge in [-0.2, -0.15) is 0 Å². The summed E-state index contributed by atoms with van der Waals surface area (Å²) < 4.78 is 17.9. The number of ether oxygens (including phenoxy) is 1. The first kappa shape index (κ1) is 15.1. The molecule has 0 fully saturated rings. The first-order valence-electron chi connectivity index (χ1n) is 6.09. The number of carboxylic acids is 1. The van der Waals surface area contributed by atoms with E-state index in [9.17, 15) is 14.3 Å². The molecule has 0 aliphatic rings. The minimum absolute atomic E-state index is 0.321. The molecule has 4 nitrogen and oxygen atoms in total. The van der Waals surface area contributed by atoms with Crippen molar-refractivity contribution in [1.82, 2.24) is 0 Å². The highest BCUT2D eigenvalue weighted by atomic mass is 35.5. The molecule has 0 saturated carbocycles. The Morgan fingerprint density at radius 2 is 1.95 bits per heavy atom. The van der Waals surface area contributed by atoms with Crippen LogP contribution in [0.3, 0.4) is 0 Å². The Kier molecular flexibility index (Phi) is 4.65. The maximum atomic E-state index is 12.9. The van der Waals surface area contributed by atoms with Gasteiger partial charge in [-0.1, -0.05) is 17.7 Å². The van der Waals surface area contributed by atoms with E-state index in [0.717, 1.165) is 0 Å². The Hall–Kier alpha value is -2.27. The van der Waals surface area contributed by atoms with Crippen LogP contribution in [0.1, 0.15) is 11.6 Å². The molecule has 110 valence electrons. The summed E-state index contributed by atoms with van der Waals surface area (Å²) in [6.45, 7) is 0.